The molecule has 0 saturated carbocycles. The first-order valence-corrected chi connectivity index (χ1v) is 11.9. The predicted molar refractivity (Wildman–Crippen MR) is 122 cm³/mol. The normalized spacial score (nSPS) is 19.4. The molecule has 1 atom stereocenters. The van der Waals surface area contributed by atoms with E-state index in [0.717, 1.165) is 55.1 Å². The summed E-state index contributed by atoms with van der Waals surface area (Å²) in [5.41, 5.74) is 4.26. The number of hydrogen-bond acceptors (Lipinski definition) is 4. The zero-order valence-corrected chi connectivity index (χ0v) is 18.8. The Morgan fingerprint density at radius 2 is 1.93 bits per heavy atom. The lowest BCUT2D eigenvalue weighted by atomic mass is 9.88. The minimum atomic E-state index is 0.0108. The second kappa shape index (κ2) is 9.31. The molecule has 2 amide bonds. The van der Waals surface area contributed by atoms with Gasteiger partial charge in [-0.15, -0.1) is 11.3 Å². The van der Waals surface area contributed by atoms with E-state index in [1.54, 1.807) is 11.3 Å². The van der Waals surface area contributed by atoms with Crippen molar-refractivity contribution in [1.29, 1.82) is 0 Å². The fourth-order valence-corrected chi connectivity index (χ4v) is 5.72. The van der Waals surface area contributed by atoms with E-state index in [-0.39, 0.29) is 11.8 Å². The molecular formula is C24H31N3O2S. The molecule has 1 saturated heterocycles. The van der Waals surface area contributed by atoms with Gasteiger partial charge in [0.1, 0.15) is 0 Å². The van der Waals surface area contributed by atoms with Gasteiger partial charge < -0.3 is 10.2 Å². The summed E-state index contributed by atoms with van der Waals surface area (Å²) in [7, 11) is 0. The van der Waals surface area contributed by atoms with Crippen molar-refractivity contribution in [1.82, 2.24) is 9.80 Å². The van der Waals surface area contributed by atoms with Crippen LogP contribution in [-0.2, 0) is 24.1 Å². The van der Waals surface area contributed by atoms with Gasteiger partial charge in [0.2, 0.25) is 5.91 Å². The molecule has 0 radical (unpaired) electrons. The third-order valence-electron chi connectivity index (χ3n) is 6.33. The number of hydrogen-bond donors (Lipinski definition) is 1. The summed E-state index contributed by atoms with van der Waals surface area (Å²) in [5, 5.41) is 5.11. The molecule has 5 nitrogen and oxygen atoms in total. The largest absolute Gasteiger partial charge is 0.336 e. The number of aryl methyl sites for hydroxylation is 1. The van der Waals surface area contributed by atoms with Gasteiger partial charge in [-0.25, -0.2) is 0 Å². The Kier molecular flexibility index (Phi) is 6.54. The molecule has 1 aromatic heterocycles. The zero-order valence-electron chi connectivity index (χ0n) is 17.9. The van der Waals surface area contributed by atoms with Gasteiger partial charge in [0.25, 0.3) is 5.91 Å². The topological polar surface area (TPSA) is 52.7 Å². The highest BCUT2D eigenvalue weighted by Gasteiger charge is 2.28. The minimum Gasteiger partial charge on any atom is -0.336 e. The van der Waals surface area contributed by atoms with Crippen LogP contribution in [0.2, 0.25) is 0 Å². The molecule has 1 fully saturated rings. The monoisotopic (exact) mass is 425 g/mol. The molecule has 1 unspecified atom stereocenters. The molecule has 1 N–H and O–H groups in total. The lowest BCUT2D eigenvalue weighted by Gasteiger charge is -2.34. The van der Waals surface area contributed by atoms with Gasteiger partial charge in [0.15, 0.2) is 0 Å². The molecule has 4 rings (SSSR count). The van der Waals surface area contributed by atoms with E-state index in [1.165, 1.54) is 16.9 Å². The Bertz CT molecular complexity index is 915. The van der Waals surface area contributed by atoms with Crippen LogP contribution >= 0.6 is 11.3 Å². The second-order valence-corrected chi connectivity index (χ2v) is 9.49. The van der Waals surface area contributed by atoms with Crippen LogP contribution in [0.1, 0.15) is 46.6 Å². The molecule has 2 heterocycles. The number of nitrogens with one attached hydrogen (secondary N) is 1. The Morgan fingerprint density at radius 1 is 1.17 bits per heavy atom. The molecule has 2 aromatic rings. The van der Waals surface area contributed by atoms with E-state index in [2.05, 4.69) is 29.4 Å². The first-order chi connectivity index (χ1) is 14.5. The summed E-state index contributed by atoms with van der Waals surface area (Å²) in [4.78, 5) is 31.1. The predicted octanol–water partition coefficient (Wildman–Crippen LogP) is 3.83. The van der Waals surface area contributed by atoms with Crippen molar-refractivity contribution in [3.8, 4) is 0 Å². The van der Waals surface area contributed by atoms with E-state index in [1.807, 2.05) is 29.2 Å². The number of thiophene rings is 1. The lowest BCUT2D eigenvalue weighted by Crippen LogP contribution is -2.50. The number of rotatable bonds is 5. The highest BCUT2D eigenvalue weighted by atomic mass is 32.1. The van der Waals surface area contributed by atoms with Gasteiger partial charge in [0, 0.05) is 42.1 Å². The number of benzene rings is 1. The highest BCUT2D eigenvalue weighted by molar-refractivity contribution is 7.10. The average Bonchev–Trinajstić information content (AvgIpc) is 3.17. The number of carbonyl (C=O) groups is 2. The number of nitrogens with zero attached hydrogens (tertiary/aromatic N) is 2. The maximum Gasteiger partial charge on any atom is 0.255 e. The third-order valence-corrected chi connectivity index (χ3v) is 7.38. The minimum absolute atomic E-state index is 0.0108. The van der Waals surface area contributed by atoms with Gasteiger partial charge >= 0.3 is 0 Å². The van der Waals surface area contributed by atoms with Crippen molar-refractivity contribution in [2.45, 2.75) is 39.5 Å². The van der Waals surface area contributed by atoms with Crippen LogP contribution in [-0.4, -0.2) is 54.3 Å². The van der Waals surface area contributed by atoms with Crippen molar-refractivity contribution in [2.24, 2.45) is 5.92 Å². The van der Waals surface area contributed by atoms with Crippen LogP contribution < -0.4 is 5.32 Å². The number of piperazine rings is 1. The Hall–Kier alpha value is -2.18. The van der Waals surface area contributed by atoms with E-state index < -0.39 is 0 Å². The van der Waals surface area contributed by atoms with Crippen molar-refractivity contribution in [3.63, 3.8) is 0 Å². The Labute approximate surface area is 183 Å². The van der Waals surface area contributed by atoms with Gasteiger partial charge in [0.05, 0.1) is 12.1 Å². The summed E-state index contributed by atoms with van der Waals surface area (Å²) >= 11 is 1.75. The Morgan fingerprint density at radius 3 is 2.70 bits per heavy atom. The molecule has 2 aliphatic rings. The SMILES string of the molecule is CCc1ccccc1NC(=O)CN1CCN(C(=O)c2csc3c2CCC(C)C3)CC1. The van der Waals surface area contributed by atoms with Gasteiger partial charge in [-0.3, -0.25) is 14.5 Å². The summed E-state index contributed by atoms with van der Waals surface area (Å²) in [5.74, 6) is 0.901. The van der Waals surface area contributed by atoms with Crippen LogP contribution in [0.5, 0.6) is 0 Å². The maximum absolute atomic E-state index is 13.1. The fourth-order valence-electron chi connectivity index (χ4n) is 4.48. The summed E-state index contributed by atoms with van der Waals surface area (Å²) in [6.45, 7) is 7.58. The van der Waals surface area contributed by atoms with E-state index in [4.69, 9.17) is 0 Å². The van der Waals surface area contributed by atoms with Crippen molar-refractivity contribution in [2.75, 3.05) is 38.0 Å². The number of anilines is 1. The van der Waals surface area contributed by atoms with Crippen molar-refractivity contribution < 1.29 is 9.59 Å². The Balaban J connectivity index is 1.30. The van der Waals surface area contributed by atoms with Crippen molar-refractivity contribution in [3.05, 3.63) is 51.2 Å². The van der Waals surface area contributed by atoms with Crippen LogP contribution in [0.3, 0.4) is 0 Å². The number of amides is 2. The van der Waals surface area contributed by atoms with Crippen LogP contribution in [0.4, 0.5) is 5.69 Å². The molecular weight excluding hydrogens is 394 g/mol. The molecule has 0 bridgehead atoms. The van der Waals surface area contributed by atoms with Crippen LogP contribution in [0.25, 0.3) is 0 Å². The smallest absolute Gasteiger partial charge is 0.255 e. The van der Waals surface area contributed by atoms with Gasteiger partial charge in [-0.1, -0.05) is 32.0 Å². The third kappa shape index (κ3) is 4.60. The molecule has 160 valence electrons. The van der Waals surface area contributed by atoms with E-state index in [9.17, 15) is 9.59 Å². The van der Waals surface area contributed by atoms with E-state index in [0.29, 0.717) is 19.6 Å². The molecule has 1 aliphatic carbocycles. The summed E-state index contributed by atoms with van der Waals surface area (Å²) < 4.78 is 0. The van der Waals surface area contributed by atoms with Crippen LogP contribution in [0.15, 0.2) is 29.6 Å². The average molecular weight is 426 g/mol. The molecule has 30 heavy (non-hydrogen) atoms. The summed E-state index contributed by atoms with van der Waals surface area (Å²) in [6.07, 6.45) is 4.20. The maximum atomic E-state index is 13.1. The van der Waals surface area contributed by atoms with Gasteiger partial charge in [-0.2, -0.15) is 0 Å². The zero-order chi connectivity index (χ0) is 21.1. The standard InChI is InChI=1S/C24H31N3O2S/c1-3-18-6-4-5-7-21(18)25-23(28)15-26-10-12-27(13-11-26)24(29)20-16-30-22-14-17(2)8-9-19(20)22/h4-7,16-17H,3,8-15H2,1-2H3,(H,25,28). The van der Waals surface area contributed by atoms with Gasteiger partial charge in [-0.05, 0) is 48.8 Å². The number of carbonyl (C=O) groups excluding carboxylic acids is 2. The molecule has 1 aromatic carbocycles. The van der Waals surface area contributed by atoms with E-state index >= 15 is 0 Å². The second-order valence-electron chi connectivity index (χ2n) is 8.53. The molecule has 6 heteroatoms. The first-order valence-electron chi connectivity index (χ1n) is 11.0. The molecule has 0 spiro atoms. The lowest BCUT2D eigenvalue weighted by molar-refractivity contribution is -0.117. The fraction of sp³-hybridized carbons (Fsp3) is 0.500. The molecule has 1 aliphatic heterocycles. The first kappa shape index (κ1) is 21.1. The van der Waals surface area contributed by atoms with Crippen molar-refractivity contribution >= 4 is 28.8 Å². The quantitative estimate of drug-likeness (QED) is 0.792. The summed E-state index contributed by atoms with van der Waals surface area (Å²) in [6, 6.07) is 7.94. The van der Waals surface area contributed by atoms with Crippen LogP contribution in [0, 0.1) is 5.92 Å². The number of fused-ring (bicyclic) bond motifs is 1. The highest BCUT2D eigenvalue weighted by Crippen LogP contribution is 2.33. The number of para-hydroxylation sites is 1.